The van der Waals surface area contributed by atoms with Crippen LogP contribution in [0, 0.1) is 0 Å². The molecule has 1 N–H and O–H groups in total. The lowest BCUT2D eigenvalue weighted by molar-refractivity contribution is 0.205. The molecule has 0 aromatic carbocycles. The van der Waals surface area contributed by atoms with E-state index in [0.717, 1.165) is 31.2 Å². The molecule has 1 saturated heterocycles. The van der Waals surface area contributed by atoms with Gasteiger partial charge in [-0.2, -0.15) is 0 Å². The van der Waals surface area contributed by atoms with E-state index in [0.29, 0.717) is 5.15 Å². The van der Waals surface area contributed by atoms with E-state index in [1.807, 2.05) is 17.7 Å². The molecule has 120 valence electrons. The molecule has 3 rings (SSSR count). The van der Waals surface area contributed by atoms with Crippen LogP contribution in [0.4, 0.5) is 0 Å². The largest absolute Gasteiger partial charge is 0.468 e. The van der Waals surface area contributed by atoms with E-state index in [2.05, 4.69) is 28.2 Å². The summed E-state index contributed by atoms with van der Waals surface area (Å²) in [4.78, 5) is 6.87. The van der Waals surface area contributed by atoms with Gasteiger partial charge < -0.3 is 14.3 Å². The van der Waals surface area contributed by atoms with Crippen molar-refractivity contribution in [2.75, 3.05) is 19.6 Å². The van der Waals surface area contributed by atoms with Crippen LogP contribution in [0.25, 0.3) is 0 Å². The first-order valence-electron chi connectivity index (χ1n) is 7.84. The molecular weight excluding hydrogens is 300 g/mol. The molecule has 2 aromatic heterocycles. The molecule has 0 spiro atoms. The fourth-order valence-corrected chi connectivity index (χ4v) is 3.26. The van der Waals surface area contributed by atoms with Crippen LogP contribution < -0.4 is 5.32 Å². The molecule has 1 fully saturated rings. The van der Waals surface area contributed by atoms with Crippen LogP contribution in [0.3, 0.4) is 0 Å². The number of aromatic nitrogens is 2. The number of furan rings is 1. The topological polar surface area (TPSA) is 46.2 Å². The maximum absolute atomic E-state index is 6.07. The second-order valence-electron chi connectivity index (χ2n) is 5.90. The van der Waals surface area contributed by atoms with Crippen molar-refractivity contribution in [1.29, 1.82) is 0 Å². The highest BCUT2D eigenvalue weighted by atomic mass is 35.5. The maximum atomic E-state index is 6.07. The zero-order chi connectivity index (χ0) is 15.5. The summed E-state index contributed by atoms with van der Waals surface area (Å²) in [5.74, 6) is 1.98. The molecule has 5 nitrogen and oxygen atoms in total. The monoisotopic (exact) mass is 322 g/mol. The lowest BCUT2D eigenvalue weighted by atomic mass is 10.1. The van der Waals surface area contributed by atoms with E-state index in [1.165, 1.54) is 12.8 Å². The number of nitrogens with zero attached hydrogens (tertiary/aromatic N) is 3. The molecule has 2 unspecified atom stereocenters. The highest BCUT2D eigenvalue weighted by Crippen LogP contribution is 2.26. The first-order chi connectivity index (χ1) is 10.7. The Bertz CT molecular complexity index is 589. The van der Waals surface area contributed by atoms with Gasteiger partial charge in [0, 0.05) is 13.6 Å². The van der Waals surface area contributed by atoms with Crippen molar-refractivity contribution >= 4 is 11.6 Å². The molecule has 0 aliphatic carbocycles. The van der Waals surface area contributed by atoms with Crippen LogP contribution in [-0.4, -0.2) is 34.1 Å². The third-order valence-corrected chi connectivity index (χ3v) is 4.78. The Morgan fingerprint density at radius 2 is 2.18 bits per heavy atom. The predicted octanol–water partition coefficient (Wildman–Crippen LogP) is 3.15. The second kappa shape index (κ2) is 6.86. The van der Waals surface area contributed by atoms with Crippen molar-refractivity contribution in [2.24, 2.45) is 7.05 Å². The number of imidazole rings is 1. The quantitative estimate of drug-likeness (QED) is 0.887. The highest BCUT2D eigenvalue weighted by Gasteiger charge is 2.26. The highest BCUT2D eigenvalue weighted by molar-refractivity contribution is 6.29. The van der Waals surface area contributed by atoms with Gasteiger partial charge in [0.05, 0.1) is 24.5 Å². The molecule has 6 heteroatoms. The Morgan fingerprint density at radius 1 is 1.41 bits per heavy atom. The van der Waals surface area contributed by atoms with Gasteiger partial charge in [0.1, 0.15) is 16.7 Å². The Kier molecular flexibility index (Phi) is 4.86. The van der Waals surface area contributed by atoms with Gasteiger partial charge in [0.25, 0.3) is 0 Å². The minimum atomic E-state index is 0.137. The van der Waals surface area contributed by atoms with Gasteiger partial charge in [-0.1, -0.05) is 11.6 Å². The van der Waals surface area contributed by atoms with Crippen LogP contribution in [0.2, 0.25) is 5.15 Å². The zero-order valence-corrected chi connectivity index (χ0v) is 13.9. The Balaban J connectivity index is 1.67. The van der Waals surface area contributed by atoms with Gasteiger partial charge in [-0.3, -0.25) is 4.90 Å². The smallest absolute Gasteiger partial charge is 0.128 e. The third kappa shape index (κ3) is 3.21. The summed E-state index contributed by atoms with van der Waals surface area (Å²) >= 11 is 6.07. The normalized spacial score (nSPS) is 18.7. The molecule has 3 heterocycles. The standard InChI is InChI=1S/C16H23ClN4O/c1-12(16-19-11-15(17)20(16)2)18-10-13(14-6-5-9-22-14)21-7-3-4-8-21/h5-6,9,11-13,18H,3-4,7-8,10H2,1-2H3. The molecule has 0 bridgehead atoms. The van der Waals surface area contributed by atoms with Crippen LogP contribution in [-0.2, 0) is 7.05 Å². The van der Waals surface area contributed by atoms with Crippen molar-refractivity contribution in [3.8, 4) is 0 Å². The Morgan fingerprint density at radius 3 is 2.77 bits per heavy atom. The number of rotatable bonds is 6. The lowest BCUT2D eigenvalue weighted by Crippen LogP contribution is -2.35. The lowest BCUT2D eigenvalue weighted by Gasteiger charge is -2.27. The van der Waals surface area contributed by atoms with E-state index in [-0.39, 0.29) is 12.1 Å². The number of nitrogens with one attached hydrogen (secondary N) is 1. The molecule has 0 saturated carbocycles. The maximum Gasteiger partial charge on any atom is 0.128 e. The number of likely N-dealkylation sites (tertiary alicyclic amines) is 1. The molecule has 0 amide bonds. The third-order valence-electron chi connectivity index (χ3n) is 4.43. The van der Waals surface area contributed by atoms with Crippen LogP contribution in [0.5, 0.6) is 0 Å². The number of halogens is 1. The zero-order valence-electron chi connectivity index (χ0n) is 13.1. The number of hydrogen-bond donors (Lipinski definition) is 1. The van der Waals surface area contributed by atoms with E-state index >= 15 is 0 Å². The van der Waals surface area contributed by atoms with Crippen molar-refractivity contribution in [3.63, 3.8) is 0 Å². The predicted molar refractivity (Wildman–Crippen MR) is 86.9 cm³/mol. The number of hydrogen-bond acceptors (Lipinski definition) is 4. The van der Waals surface area contributed by atoms with Gasteiger partial charge in [-0.15, -0.1) is 0 Å². The molecular formula is C16H23ClN4O. The summed E-state index contributed by atoms with van der Waals surface area (Å²) in [5, 5.41) is 4.23. The van der Waals surface area contributed by atoms with Gasteiger partial charge >= 0.3 is 0 Å². The molecule has 1 aliphatic rings. The van der Waals surface area contributed by atoms with Gasteiger partial charge in [0.15, 0.2) is 0 Å². The molecule has 0 radical (unpaired) electrons. The fourth-order valence-electron chi connectivity index (χ4n) is 3.13. The van der Waals surface area contributed by atoms with Gasteiger partial charge in [-0.25, -0.2) is 4.98 Å². The summed E-state index contributed by atoms with van der Waals surface area (Å²) in [6, 6.07) is 4.43. The summed E-state index contributed by atoms with van der Waals surface area (Å²) < 4.78 is 7.56. The van der Waals surface area contributed by atoms with E-state index in [4.69, 9.17) is 16.0 Å². The van der Waals surface area contributed by atoms with Crippen molar-refractivity contribution < 1.29 is 4.42 Å². The van der Waals surface area contributed by atoms with E-state index in [9.17, 15) is 0 Å². The van der Waals surface area contributed by atoms with E-state index < -0.39 is 0 Å². The molecule has 2 aromatic rings. The minimum Gasteiger partial charge on any atom is -0.468 e. The van der Waals surface area contributed by atoms with Crippen LogP contribution >= 0.6 is 11.6 Å². The molecule has 1 aliphatic heterocycles. The summed E-state index contributed by atoms with van der Waals surface area (Å²) in [5.41, 5.74) is 0. The summed E-state index contributed by atoms with van der Waals surface area (Å²) in [6.45, 7) is 5.21. The first-order valence-corrected chi connectivity index (χ1v) is 8.22. The molecule has 22 heavy (non-hydrogen) atoms. The SMILES string of the molecule is CC(NCC(c1ccco1)N1CCCC1)c1ncc(Cl)n1C. The van der Waals surface area contributed by atoms with Crippen molar-refractivity contribution in [1.82, 2.24) is 19.8 Å². The van der Waals surface area contributed by atoms with Crippen LogP contribution in [0.1, 0.15) is 43.4 Å². The minimum absolute atomic E-state index is 0.137. The van der Waals surface area contributed by atoms with Crippen molar-refractivity contribution in [2.45, 2.75) is 31.8 Å². The average Bonchev–Trinajstić information content (AvgIpc) is 3.24. The molecule has 2 atom stereocenters. The second-order valence-corrected chi connectivity index (χ2v) is 6.29. The summed E-state index contributed by atoms with van der Waals surface area (Å²) in [6.07, 6.45) is 5.98. The van der Waals surface area contributed by atoms with Gasteiger partial charge in [-0.05, 0) is 45.0 Å². The Labute approximate surface area is 136 Å². The summed E-state index contributed by atoms with van der Waals surface area (Å²) in [7, 11) is 1.94. The fraction of sp³-hybridized carbons (Fsp3) is 0.562. The Hall–Kier alpha value is -1.30. The van der Waals surface area contributed by atoms with E-state index in [1.54, 1.807) is 12.5 Å². The van der Waals surface area contributed by atoms with Crippen LogP contribution in [0.15, 0.2) is 29.0 Å². The van der Waals surface area contributed by atoms with Crippen molar-refractivity contribution in [3.05, 3.63) is 41.3 Å². The van der Waals surface area contributed by atoms with Gasteiger partial charge in [0.2, 0.25) is 0 Å². The average molecular weight is 323 g/mol. The first kappa shape index (κ1) is 15.6.